The lowest BCUT2D eigenvalue weighted by atomic mass is 9.85. The van der Waals surface area contributed by atoms with Crippen molar-refractivity contribution in [1.29, 1.82) is 0 Å². The predicted molar refractivity (Wildman–Crippen MR) is 71.2 cm³/mol. The Morgan fingerprint density at radius 1 is 1.28 bits per heavy atom. The van der Waals surface area contributed by atoms with E-state index in [-0.39, 0.29) is 17.2 Å². The van der Waals surface area contributed by atoms with Gasteiger partial charge in [-0.15, -0.1) is 0 Å². The summed E-state index contributed by atoms with van der Waals surface area (Å²) in [4.78, 5) is 25.8. The van der Waals surface area contributed by atoms with Crippen LogP contribution >= 0.6 is 0 Å². The lowest BCUT2D eigenvalue weighted by Crippen LogP contribution is -2.53. The molecule has 0 aromatic rings. The van der Waals surface area contributed by atoms with E-state index in [1.807, 2.05) is 4.90 Å². The quantitative estimate of drug-likeness (QED) is 0.756. The van der Waals surface area contributed by atoms with Crippen LogP contribution in [0.1, 0.15) is 65.2 Å². The van der Waals surface area contributed by atoms with Crippen LogP contribution in [-0.2, 0) is 9.59 Å². The number of rotatable bonds is 2. The molecule has 2 fully saturated rings. The van der Waals surface area contributed by atoms with E-state index in [1.54, 1.807) is 0 Å². The fourth-order valence-corrected chi connectivity index (χ4v) is 3.22. The third-order valence-corrected chi connectivity index (χ3v) is 4.57. The Hall–Kier alpha value is -0.860. The smallest absolute Gasteiger partial charge is 0.223 e. The zero-order valence-electron chi connectivity index (χ0n) is 11.7. The highest BCUT2D eigenvalue weighted by Crippen LogP contribution is 2.30. The van der Waals surface area contributed by atoms with Crippen LogP contribution in [0.4, 0.5) is 0 Å². The third kappa shape index (κ3) is 3.12. The number of piperidine rings is 1. The molecule has 2 rings (SSSR count). The second-order valence-corrected chi connectivity index (χ2v) is 6.54. The van der Waals surface area contributed by atoms with Crippen LogP contribution in [0.25, 0.3) is 0 Å². The van der Waals surface area contributed by atoms with Crippen molar-refractivity contribution in [3.63, 3.8) is 0 Å². The predicted octanol–water partition coefficient (Wildman–Crippen LogP) is 2.93. The number of Topliss-reactive ketones (excluding diaryl/α,β-unsaturated/α-hetero) is 1. The molecule has 18 heavy (non-hydrogen) atoms. The zero-order valence-corrected chi connectivity index (χ0v) is 11.7. The number of amides is 1. The van der Waals surface area contributed by atoms with Crippen molar-refractivity contribution >= 4 is 11.7 Å². The summed E-state index contributed by atoms with van der Waals surface area (Å²) in [6.45, 7) is 4.50. The standard InChI is InChI=1S/C15H25NO2/c1-15(2)9-8-13(17)11-16(15)14(18)10-12-6-4-3-5-7-12/h12H,3-11H2,1-2H3. The van der Waals surface area contributed by atoms with Crippen molar-refractivity contribution in [1.82, 2.24) is 4.90 Å². The molecule has 0 unspecified atom stereocenters. The summed E-state index contributed by atoms with van der Waals surface area (Å²) in [5, 5.41) is 0. The second kappa shape index (κ2) is 5.41. The van der Waals surface area contributed by atoms with Gasteiger partial charge in [0.25, 0.3) is 0 Å². The van der Waals surface area contributed by atoms with Crippen LogP contribution < -0.4 is 0 Å². The van der Waals surface area contributed by atoms with Gasteiger partial charge in [-0.05, 0) is 39.0 Å². The van der Waals surface area contributed by atoms with Crippen LogP contribution in [0.15, 0.2) is 0 Å². The Morgan fingerprint density at radius 2 is 1.94 bits per heavy atom. The molecule has 0 aromatic heterocycles. The highest BCUT2D eigenvalue weighted by Gasteiger charge is 2.36. The molecule has 1 heterocycles. The fraction of sp³-hybridized carbons (Fsp3) is 0.867. The van der Waals surface area contributed by atoms with E-state index >= 15 is 0 Å². The molecule has 0 radical (unpaired) electrons. The number of carbonyl (C=O) groups excluding carboxylic acids is 2. The summed E-state index contributed by atoms with van der Waals surface area (Å²) >= 11 is 0. The van der Waals surface area contributed by atoms with E-state index < -0.39 is 0 Å². The average molecular weight is 251 g/mol. The number of hydrogen-bond acceptors (Lipinski definition) is 2. The minimum atomic E-state index is -0.139. The monoisotopic (exact) mass is 251 g/mol. The van der Waals surface area contributed by atoms with Gasteiger partial charge in [-0.2, -0.15) is 0 Å². The lowest BCUT2D eigenvalue weighted by molar-refractivity contribution is -0.145. The maximum absolute atomic E-state index is 12.4. The summed E-state index contributed by atoms with van der Waals surface area (Å²) in [6.07, 6.45) is 8.31. The first-order valence-electron chi connectivity index (χ1n) is 7.31. The van der Waals surface area contributed by atoms with Crippen molar-refractivity contribution in [3.8, 4) is 0 Å². The molecule has 3 nitrogen and oxygen atoms in total. The van der Waals surface area contributed by atoms with Gasteiger partial charge in [0.05, 0.1) is 6.54 Å². The summed E-state index contributed by atoms with van der Waals surface area (Å²) in [5.74, 6) is 0.963. The molecule has 0 N–H and O–H groups in total. The highest BCUT2D eigenvalue weighted by atomic mass is 16.2. The van der Waals surface area contributed by atoms with E-state index in [0.717, 1.165) is 6.42 Å². The molecule has 1 amide bonds. The van der Waals surface area contributed by atoms with Gasteiger partial charge in [0.1, 0.15) is 0 Å². The molecule has 3 heteroatoms. The molecule has 0 aromatic carbocycles. The number of likely N-dealkylation sites (tertiary alicyclic amines) is 1. The summed E-state index contributed by atoms with van der Waals surface area (Å²) in [7, 11) is 0. The zero-order chi connectivity index (χ0) is 13.2. The minimum absolute atomic E-state index is 0.139. The Balaban J connectivity index is 1.95. The largest absolute Gasteiger partial charge is 0.330 e. The highest BCUT2D eigenvalue weighted by molar-refractivity contribution is 5.88. The molecular formula is C15H25NO2. The van der Waals surface area contributed by atoms with Crippen molar-refractivity contribution in [2.45, 2.75) is 70.8 Å². The van der Waals surface area contributed by atoms with Gasteiger partial charge in [0.2, 0.25) is 5.91 Å². The van der Waals surface area contributed by atoms with Crippen LogP contribution in [0, 0.1) is 5.92 Å². The van der Waals surface area contributed by atoms with Crippen molar-refractivity contribution in [2.75, 3.05) is 6.54 Å². The van der Waals surface area contributed by atoms with Crippen LogP contribution in [-0.4, -0.2) is 28.7 Å². The number of carbonyl (C=O) groups is 2. The average Bonchev–Trinajstić information content (AvgIpc) is 2.33. The van der Waals surface area contributed by atoms with Gasteiger partial charge < -0.3 is 4.90 Å². The minimum Gasteiger partial charge on any atom is -0.330 e. The first-order chi connectivity index (χ1) is 8.49. The van der Waals surface area contributed by atoms with E-state index in [9.17, 15) is 9.59 Å². The summed E-state index contributed by atoms with van der Waals surface area (Å²) in [6, 6.07) is 0. The molecule has 1 aliphatic carbocycles. The number of nitrogens with zero attached hydrogens (tertiary/aromatic N) is 1. The van der Waals surface area contributed by atoms with Crippen LogP contribution in [0.2, 0.25) is 0 Å². The van der Waals surface area contributed by atoms with Gasteiger partial charge in [-0.1, -0.05) is 19.3 Å². The van der Waals surface area contributed by atoms with Crippen molar-refractivity contribution < 1.29 is 9.59 Å². The van der Waals surface area contributed by atoms with E-state index in [4.69, 9.17) is 0 Å². The van der Waals surface area contributed by atoms with Crippen molar-refractivity contribution in [3.05, 3.63) is 0 Å². The van der Waals surface area contributed by atoms with Gasteiger partial charge >= 0.3 is 0 Å². The molecular weight excluding hydrogens is 226 g/mol. The topological polar surface area (TPSA) is 37.4 Å². The Morgan fingerprint density at radius 3 is 2.61 bits per heavy atom. The summed E-state index contributed by atoms with van der Waals surface area (Å²) < 4.78 is 0. The fourth-order valence-electron chi connectivity index (χ4n) is 3.22. The summed E-state index contributed by atoms with van der Waals surface area (Å²) in [5.41, 5.74) is -0.139. The molecule has 2 aliphatic rings. The van der Waals surface area contributed by atoms with Crippen LogP contribution in [0.5, 0.6) is 0 Å². The maximum Gasteiger partial charge on any atom is 0.223 e. The van der Waals surface area contributed by atoms with Crippen LogP contribution in [0.3, 0.4) is 0 Å². The normalized spacial score (nSPS) is 25.2. The third-order valence-electron chi connectivity index (χ3n) is 4.57. The van der Waals surface area contributed by atoms with E-state index in [0.29, 0.717) is 25.3 Å². The molecule has 1 saturated heterocycles. The van der Waals surface area contributed by atoms with Gasteiger partial charge in [-0.25, -0.2) is 0 Å². The van der Waals surface area contributed by atoms with Crippen molar-refractivity contribution in [2.24, 2.45) is 5.92 Å². The Labute approximate surface area is 110 Å². The maximum atomic E-state index is 12.4. The SMILES string of the molecule is CC1(C)CCC(=O)CN1C(=O)CC1CCCCC1. The molecule has 102 valence electrons. The lowest BCUT2D eigenvalue weighted by Gasteiger charge is -2.42. The van der Waals surface area contributed by atoms with Gasteiger partial charge in [-0.3, -0.25) is 9.59 Å². The molecule has 0 atom stereocenters. The Kier molecular flexibility index (Phi) is 4.08. The second-order valence-electron chi connectivity index (χ2n) is 6.54. The van der Waals surface area contributed by atoms with Gasteiger partial charge in [0.15, 0.2) is 5.78 Å². The van der Waals surface area contributed by atoms with E-state index in [1.165, 1.54) is 32.1 Å². The number of ketones is 1. The molecule has 0 bridgehead atoms. The molecule has 0 spiro atoms. The van der Waals surface area contributed by atoms with E-state index in [2.05, 4.69) is 13.8 Å². The number of hydrogen-bond donors (Lipinski definition) is 0. The first-order valence-corrected chi connectivity index (χ1v) is 7.31. The molecule has 1 aliphatic heterocycles. The Bertz CT molecular complexity index is 329. The first kappa shape index (κ1) is 13.6. The van der Waals surface area contributed by atoms with Gasteiger partial charge in [0, 0.05) is 18.4 Å². The molecule has 1 saturated carbocycles.